The average molecular weight is 303 g/mol. The second-order valence-corrected chi connectivity index (χ2v) is 4.50. The van der Waals surface area contributed by atoms with Gasteiger partial charge >= 0.3 is 11.9 Å². The van der Waals surface area contributed by atoms with Crippen LogP contribution in [0.1, 0.15) is 32.6 Å². The van der Waals surface area contributed by atoms with Gasteiger partial charge in [0.25, 0.3) is 0 Å². The van der Waals surface area contributed by atoms with Gasteiger partial charge in [0, 0.05) is 6.42 Å². The third kappa shape index (κ3) is 8.58. The molecule has 6 N–H and O–H groups in total. The molecule has 0 rings (SSSR count). The highest BCUT2D eigenvalue weighted by atomic mass is 16.4. The molecule has 0 radical (unpaired) electrons. The van der Waals surface area contributed by atoms with Crippen LogP contribution in [0.15, 0.2) is 0 Å². The Morgan fingerprint density at radius 1 is 1.14 bits per heavy atom. The van der Waals surface area contributed by atoms with Gasteiger partial charge in [0.1, 0.15) is 18.6 Å². The largest absolute Gasteiger partial charge is 0.480 e. The molecular weight excluding hydrogens is 282 g/mol. The molecule has 0 aliphatic rings. The maximum atomic E-state index is 11.7. The molecule has 2 atom stereocenters. The normalized spacial score (nSPS) is 13.0. The van der Waals surface area contributed by atoms with Crippen LogP contribution in [0.5, 0.6) is 0 Å². The second-order valence-electron chi connectivity index (χ2n) is 4.50. The van der Waals surface area contributed by atoms with Crippen LogP contribution in [0, 0.1) is 0 Å². The maximum Gasteiger partial charge on any atom is 0.322 e. The van der Waals surface area contributed by atoms with Crippen LogP contribution in [0.4, 0.5) is 0 Å². The number of carbonyl (C=O) groups excluding carboxylic acids is 2. The van der Waals surface area contributed by atoms with E-state index in [1.165, 1.54) is 0 Å². The lowest BCUT2D eigenvalue weighted by atomic mass is 10.1. The van der Waals surface area contributed by atoms with Gasteiger partial charge < -0.3 is 26.6 Å². The number of carboxylic acids is 2. The van der Waals surface area contributed by atoms with Crippen molar-refractivity contribution < 1.29 is 29.4 Å². The van der Waals surface area contributed by atoms with E-state index in [9.17, 15) is 19.2 Å². The number of aliphatic carboxylic acids is 2. The lowest BCUT2D eigenvalue weighted by Gasteiger charge is -2.17. The fraction of sp³-hybridized carbons (Fsp3) is 0.667. The van der Waals surface area contributed by atoms with Gasteiger partial charge in [0.2, 0.25) is 11.8 Å². The summed E-state index contributed by atoms with van der Waals surface area (Å²) in [5.74, 6) is -3.48. The van der Waals surface area contributed by atoms with Crippen molar-refractivity contribution in [3.8, 4) is 0 Å². The molecule has 0 unspecified atom stereocenters. The summed E-state index contributed by atoms with van der Waals surface area (Å²) in [6.45, 7) is 1.28. The Kier molecular flexibility index (Phi) is 8.70. The first-order valence-corrected chi connectivity index (χ1v) is 6.55. The van der Waals surface area contributed by atoms with E-state index >= 15 is 0 Å². The Bertz CT molecular complexity index is 398. The molecule has 0 saturated heterocycles. The Morgan fingerprint density at radius 3 is 2.24 bits per heavy atom. The number of hydrogen-bond donors (Lipinski definition) is 5. The van der Waals surface area contributed by atoms with E-state index in [0.29, 0.717) is 12.8 Å². The van der Waals surface area contributed by atoms with Crippen LogP contribution in [0.3, 0.4) is 0 Å². The standard InChI is InChI=1S/C12H21N3O6/c1-2-3-8(11(19)14-6-10(17)18)15-9(16)5-4-7(13)12(20)21/h7-8H,2-6,13H2,1H3,(H,14,19)(H,15,16)(H,17,18)(H,20,21)/t7-,8-/m0/s1. The first-order valence-electron chi connectivity index (χ1n) is 6.55. The highest BCUT2D eigenvalue weighted by molar-refractivity contribution is 5.89. The lowest BCUT2D eigenvalue weighted by Crippen LogP contribution is -2.48. The molecule has 120 valence electrons. The van der Waals surface area contributed by atoms with E-state index in [4.69, 9.17) is 15.9 Å². The van der Waals surface area contributed by atoms with Gasteiger partial charge in [0.05, 0.1) is 0 Å². The predicted molar refractivity (Wildman–Crippen MR) is 72.3 cm³/mol. The van der Waals surface area contributed by atoms with E-state index in [1.807, 2.05) is 6.92 Å². The number of nitrogens with one attached hydrogen (secondary N) is 2. The lowest BCUT2D eigenvalue weighted by molar-refractivity contribution is -0.139. The number of amides is 2. The minimum Gasteiger partial charge on any atom is -0.480 e. The number of nitrogens with two attached hydrogens (primary N) is 1. The average Bonchev–Trinajstić information content (AvgIpc) is 2.41. The van der Waals surface area contributed by atoms with Crippen molar-refractivity contribution in [1.82, 2.24) is 10.6 Å². The topological polar surface area (TPSA) is 159 Å². The Balaban J connectivity index is 4.35. The number of carbonyl (C=O) groups is 4. The van der Waals surface area contributed by atoms with E-state index in [0.717, 1.165) is 0 Å². The van der Waals surface area contributed by atoms with Crippen LogP contribution in [0.25, 0.3) is 0 Å². The smallest absolute Gasteiger partial charge is 0.322 e. The molecule has 0 fully saturated rings. The van der Waals surface area contributed by atoms with Gasteiger partial charge in [-0.3, -0.25) is 19.2 Å². The van der Waals surface area contributed by atoms with Crippen LogP contribution in [0.2, 0.25) is 0 Å². The molecule has 0 aromatic heterocycles. The Hall–Kier alpha value is -2.16. The molecule has 0 aromatic rings. The third-order valence-corrected chi connectivity index (χ3v) is 2.64. The molecule has 2 amide bonds. The summed E-state index contributed by atoms with van der Waals surface area (Å²) in [6.07, 6.45) is 0.791. The predicted octanol–water partition coefficient (Wildman–Crippen LogP) is -1.34. The second kappa shape index (κ2) is 9.70. The third-order valence-electron chi connectivity index (χ3n) is 2.64. The first kappa shape index (κ1) is 18.8. The SMILES string of the molecule is CCC[C@H](NC(=O)CC[C@H](N)C(=O)O)C(=O)NCC(=O)O. The number of rotatable bonds is 10. The molecule has 9 nitrogen and oxygen atoms in total. The maximum absolute atomic E-state index is 11.7. The Labute approximate surface area is 121 Å². The minimum atomic E-state index is -1.20. The number of hydrogen-bond acceptors (Lipinski definition) is 5. The summed E-state index contributed by atoms with van der Waals surface area (Å²) in [5, 5.41) is 21.7. The Morgan fingerprint density at radius 2 is 1.76 bits per heavy atom. The van der Waals surface area contributed by atoms with E-state index in [2.05, 4.69) is 10.6 Å². The summed E-state index contributed by atoms with van der Waals surface area (Å²) in [7, 11) is 0. The van der Waals surface area contributed by atoms with Crippen molar-refractivity contribution in [2.45, 2.75) is 44.7 Å². The monoisotopic (exact) mass is 303 g/mol. The van der Waals surface area contributed by atoms with Crippen LogP contribution in [-0.4, -0.2) is 52.6 Å². The zero-order valence-corrected chi connectivity index (χ0v) is 11.8. The van der Waals surface area contributed by atoms with Crippen molar-refractivity contribution in [2.75, 3.05) is 6.54 Å². The molecule has 0 spiro atoms. The number of carboxylic acid groups (broad SMARTS) is 2. The first-order chi connectivity index (χ1) is 9.77. The van der Waals surface area contributed by atoms with Gasteiger partial charge in [-0.05, 0) is 12.8 Å². The minimum absolute atomic E-state index is 0.0449. The van der Waals surface area contributed by atoms with Gasteiger partial charge in [-0.1, -0.05) is 13.3 Å². The summed E-state index contributed by atoms with van der Waals surface area (Å²) >= 11 is 0. The van der Waals surface area contributed by atoms with E-state index in [-0.39, 0.29) is 12.8 Å². The summed E-state index contributed by atoms with van der Waals surface area (Å²) in [6, 6.07) is -1.98. The molecule has 0 bridgehead atoms. The zero-order chi connectivity index (χ0) is 16.4. The van der Waals surface area contributed by atoms with Crippen LogP contribution >= 0.6 is 0 Å². The molecule has 0 saturated carbocycles. The molecule has 0 aliphatic carbocycles. The van der Waals surface area contributed by atoms with E-state index < -0.39 is 42.4 Å². The molecule has 9 heteroatoms. The van der Waals surface area contributed by atoms with Gasteiger partial charge in [-0.15, -0.1) is 0 Å². The van der Waals surface area contributed by atoms with Crippen molar-refractivity contribution in [2.24, 2.45) is 5.73 Å². The molecule has 0 heterocycles. The summed E-state index contributed by atoms with van der Waals surface area (Å²) < 4.78 is 0. The molecule has 21 heavy (non-hydrogen) atoms. The quantitative estimate of drug-likeness (QED) is 0.334. The highest BCUT2D eigenvalue weighted by Gasteiger charge is 2.21. The van der Waals surface area contributed by atoms with Crippen LogP contribution < -0.4 is 16.4 Å². The molecule has 0 aromatic carbocycles. The summed E-state index contributed by atoms with van der Waals surface area (Å²) in [5.41, 5.74) is 5.27. The van der Waals surface area contributed by atoms with Gasteiger partial charge in [-0.2, -0.15) is 0 Å². The fourth-order valence-corrected chi connectivity index (χ4v) is 1.52. The van der Waals surface area contributed by atoms with Crippen molar-refractivity contribution in [3.63, 3.8) is 0 Å². The van der Waals surface area contributed by atoms with E-state index in [1.54, 1.807) is 0 Å². The van der Waals surface area contributed by atoms with Crippen molar-refractivity contribution in [1.29, 1.82) is 0 Å². The van der Waals surface area contributed by atoms with Crippen molar-refractivity contribution >= 4 is 23.8 Å². The molecular formula is C12H21N3O6. The zero-order valence-electron chi connectivity index (χ0n) is 11.8. The molecule has 0 aliphatic heterocycles. The fourth-order valence-electron chi connectivity index (χ4n) is 1.52. The van der Waals surface area contributed by atoms with Gasteiger partial charge in [0.15, 0.2) is 0 Å². The van der Waals surface area contributed by atoms with Crippen LogP contribution in [-0.2, 0) is 19.2 Å². The summed E-state index contributed by atoms with van der Waals surface area (Å²) in [4.78, 5) is 44.2. The van der Waals surface area contributed by atoms with Gasteiger partial charge in [-0.25, -0.2) is 0 Å². The van der Waals surface area contributed by atoms with Crippen molar-refractivity contribution in [3.05, 3.63) is 0 Å². The highest BCUT2D eigenvalue weighted by Crippen LogP contribution is 2.00.